The molecule has 1 aromatic heterocycles. The summed E-state index contributed by atoms with van der Waals surface area (Å²) in [5.41, 5.74) is 0.698. The molecular formula is C16H24N2O3. The Morgan fingerprint density at radius 3 is 2.86 bits per heavy atom. The van der Waals surface area contributed by atoms with Crippen LogP contribution in [0.25, 0.3) is 0 Å². The van der Waals surface area contributed by atoms with Gasteiger partial charge in [0.2, 0.25) is 5.76 Å². The minimum Gasteiger partial charge on any atom is -0.436 e. The SMILES string of the molecule is Cc1nc(C)c(C(=O)N2CCCC(CC3CCOC3)C2)o1. The number of nitrogens with zero attached hydrogens (tertiary/aromatic N) is 2. The summed E-state index contributed by atoms with van der Waals surface area (Å²) in [6.07, 6.45) is 4.65. The Kier molecular flexibility index (Phi) is 4.29. The van der Waals surface area contributed by atoms with Crippen molar-refractivity contribution in [2.75, 3.05) is 26.3 Å². The number of likely N-dealkylation sites (tertiary alicyclic amines) is 1. The second-order valence-electron chi connectivity index (χ2n) is 6.37. The number of aryl methyl sites for hydroxylation is 2. The van der Waals surface area contributed by atoms with Crippen LogP contribution in [0.4, 0.5) is 0 Å². The maximum absolute atomic E-state index is 12.6. The van der Waals surface area contributed by atoms with Crippen LogP contribution in [0, 0.1) is 25.7 Å². The summed E-state index contributed by atoms with van der Waals surface area (Å²) in [6, 6.07) is 0. The van der Waals surface area contributed by atoms with E-state index in [-0.39, 0.29) is 5.91 Å². The zero-order chi connectivity index (χ0) is 14.8. The molecule has 0 spiro atoms. The van der Waals surface area contributed by atoms with E-state index in [9.17, 15) is 4.79 Å². The lowest BCUT2D eigenvalue weighted by Gasteiger charge is -2.33. The Morgan fingerprint density at radius 1 is 1.33 bits per heavy atom. The largest absolute Gasteiger partial charge is 0.436 e. The van der Waals surface area contributed by atoms with Gasteiger partial charge in [-0.2, -0.15) is 0 Å². The lowest BCUT2D eigenvalue weighted by Crippen LogP contribution is -2.40. The molecule has 0 aromatic carbocycles. The van der Waals surface area contributed by atoms with Crippen molar-refractivity contribution in [3.63, 3.8) is 0 Å². The molecule has 0 aliphatic carbocycles. The normalized spacial score (nSPS) is 26.3. The molecule has 2 saturated heterocycles. The van der Waals surface area contributed by atoms with Crippen molar-refractivity contribution in [1.29, 1.82) is 0 Å². The number of carbonyl (C=O) groups is 1. The number of amides is 1. The molecule has 2 fully saturated rings. The van der Waals surface area contributed by atoms with Crippen LogP contribution in [-0.2, 0) is 4.74 Å². The summed E-state index contributed by atoms with van der Waals surface area (Å²) in [4.78, 5) is 18.7. The van der Waals surface area contributed by atoms with Gasteiger partial charge < -0.3 is 14.1 Å². The summed E-state index contributed by atoms with van der Waals surface area (Å²) in [5, 5.41) is 0. The Morgan fingerprint density at radius 2 is 2.19 bits per heavy atom. The first-order chi connectivity index (χ1) is 10.1. The predicted octanol–water partition coefficient (Wildman–Crippen LogP) is 2.57. The molecule has 0 bridgehead atoms. The van der Waals surface area contributed by atoms with Crippen LogP contribution >= 0.6 is 0 Å². The van der Waals surface area contributed by atoms with E-state index in [0.717, 1.165) is 32.7 Å². The maximum Gasteiger partial charge on any atom is 0.291 e. The minimum absolute atomic E-state index is 0.000437. The molecule has 3 heterocycles. The zero-order valence-corrected chi connectivity index (χ0v) is 12.9. The molecule has 1 aromatic rings. The van der Waals surface area contributed by atoms with Crippen LogP contribution in [0.15, 0.2) is 4.42 Å². The van der Waals surface area contributed by atoms with Gasteiger partial charge in [0.05, 0.1) is 5.69 Å². The molecule has 5 nitrogen and oxygen atoms in total. The van der Waals surface area contributed by atoms with Gasteiger partial charge in [0, 0.05) is 33.2 Å². The van der Waals surface area contributed by atoms with Crippen LogP contribution in [0.1, 0.15) is 47.8 Å². The molecule has 2 unspecified atom stereocenters. The fourth-order valence-electron chi connectivity index (χ4n) is 3.56. The standard InChI is InChI=1S/C16H24N2O3/c1-11-15(21-12(2)17-11)16(19)18-6-3-4-13(9-18)8-14-5-7-20-10-14/h13-14H,3-10H2,1-2H3. The van der Waals surface area contributed by atoms with Crippen molar-refractivity contribution in [1.82, 2.24) is 9.88 Å². The molecule has 116 valence electrons. The van der Waals surface area contributed by atoms with Gasteiger partial charge in [0.1, 0.15) is 0 Å². The van der Waals surface area contributed by atoms with E-state index in [0.29, 0.717) is 29.2 Å². The Balaban J connectivity index is 1.62. The first-order valence-corrected chi connectivity index (χ1v) is 7.94. The van der Waals surface area contributed by atoms with Crippen molar-refractivity contribution in [3.8, 4) is 0 Å². The second kappa shape index (κ2) is 6.18. The lowest BCUT2D eigenvalue weighted by molar-refractivity contribution is 0.0619. The Bertz CT molecular complexity index is 506. The van der Waals surface area contributed by atoms with E-state index in [4.69, 9.17) is 9.15 Å². The number of rotatable bonds is 3. The smallest absolute Gasteiger partial charge is 0.291 e. The van der Waals surface area contributed by atoms with Crippen molar-refractivity contribution in [2.45, 2.75) is 39.5 Å². The first-order valence-electron chi connectivity index (χ1n) is 7.94. The number of oxazole rings is 1. The summed E-state index contributed by atoms with van der Waals surface area (Å²) in [7, 11) is 0. The molecule has 2 aliphatic rings. The molecule has 2 aliphatic heterocycles. The van der Waals surface area contributed by atoms with E-state index < -0.39 is 0 Å². The molecule has 21 heavy (non-hydrogen) atoms. The van der Waals surface area contributed by atoms with Crippen molar-refractivity contribution < 1.29 is 13.9 Å². The van der Waals surface area contributed by atoms with Crippen LogP contribution in [-0.4, -0.2) is 42.1 Å². The van der Waals surface area contributed by atoms with Crippen LogP contribution in [0.3, 0.4) is 0 Å². The molecule has 0 saturated carbocycles. The third-order valence-corrected chi connectivity index (χ3v) is 4.59. The summed E-state index contributed by atoms with van der Waals surface area (Å²) < 4.78 is 10.9. The van der Waals surface area contributed by atoms with E-state index in [1.54, 1.807) is 6.92 Å². The predicted molar refractivity (Wildman–Crippen MR) is 78.1 cm³/mol. The highest BCUT2D eigenvalue weighted by atomic mass is 16.5. The van der Waals surface area contributed by atoms with Crippen molar-refractivity contribution in [2.24, 2.45) is 11.8 Å². The zero-order valence-electron chi connectivity index (χ0n) is 12.9. The fourth-order valence-corrected chi connectivity index (χ4v) is 3.56. The topological polar surface area (TPSA) is 55.6 Å². The monoisotopic (exact) mass is 292 g/mol. The lowest BCUT2D eigenvalue weighted by atomic mass is 9.88. The van der Waals surface area contributed by atoms with Gasteiger partial charge in [0.25, 0.3) is 5.91 Å². The van der Waals surface area contributed by atoms with Gasteiger partial charge in [0.15, 0.2) is 5.89 Å². The van der Waals surface area contributed by atoms with Gasteiger partial charge in [-0.25, -0.2) is 4.98 Å². The van der Waals surface area contributed by atoms with E-state index in [1.165, 1.54) is 19.3 Å². The Labute approximate surface area is 125 Å². The fraction of sp³-hybridized carbons (Fsp3) is 0.750. The van der Waals surface area contributed by atoms with Gasteiger partial charge in [-0.15, -0.1) is 0 Å². The molecule has 0 radical (unpaired) electrons. The average Bonchev–Trinajstić information content (AvgIpc) is 3.08. The van der Waals surface area contributed by atoms with Crippen LogP contribution in [0.2, 0.25) is 0 Å². The Hall–Kier alpha value is -1.36. The second-order valence-corrected chi connectivity index (χ2v) is 6.37. The molecule has 3 rings (SSSR count). The highest BCUT2D eigenvalue weighted by molar-refractivity contribution is 5.92. The number of ether oxygens (including phenoxy) is 1. The molecule has 5 heteroatoms. The summed E-state index contributed by atoms with van der Waals surface area (Å²) in [5.74, 6) is 2.25. The van der Waals surface area contributed by atoms with Crippen molar-refractivity contribution in [3.05, 3.63) is 17.3 Å². The van der Waals surface area contributed by atoms with E-state index in [1.807, 2.05) is 11.8 Å². The highest BCUT2D eigenvalue weighted by Crippen LogP contribution is 2.28. The van der Waals surface area contributed by atoms with Crippen LogP contribution < -0.4 is 0 Å². The molecular weight excluding hydrogens is 268 g/mol. The summed E-state index contributed by atoms with van der Waals surface area (Å²) >= 11 is 0. The number of carbonyl (C=O) groups excluding carboxylic acids is 1. The van der Waals surface area contributed by atoms with Gasteiger partial charge in [-0.1, -0.05) is 0 Å². The number of aromatic nitrogens is 1. The van der Waals surface area contributed by atoms with Crippen LogP contribution in [0.5, 0.6) is 0 Å². The number of hydrogen-bond donors (Lipinski definition) is 0. The van der Waals surface area contributed by atoms with E-state index >= 15 is 0 Å². The maximum atomic E-state index is 12.6. The van der Waals surface area contributed by atoms with Crippen molar-refractivity contribution >= 4 is 5.91 Å². The van der Waals surface area contributed by atoms with E-state index in [2.05, 4.69) is 4.98 Å². The number of piperidine rings is 1. The van der Waals surface area contributed by atoms with Gasteiger partial charge >= 0.3 is 0 Å². The molecule has 2 atom stereocenters. The first kappa shape index (κ1) is 14.6. The van der Waals surface area contributed by atoms with Gasteiger partial charge in [-0.05, 0) is 44.4 Å². The third-order valence-electron chi connectivity index (χ3n) is 4.59. The number of hydrogen-bond acceptors (Lipinski definition) is 4. The summed E-state index contributed by atoms with van der Waals surface area (Å²) in [6.45, 7) is 7.08. The minimum atomic E-state index is 0.000437. The quantitative estimate of drug-likeness (QED) is 0.859. The third kappa shape index (κ3) is 3.28. The average molecular weight is 292 g/mol. The highest BCUT2D eigenvalue weighted by Gasteiger charge is 2.30. The molecule has 0 N–H and O–H groups in total. The van der Waals surface area contributed by atoms with Gasteiger partial charge in [-0.3, -0.25) is 4.79 Å². The molecule has 1 amide bonds.